The Kier molecular flexibility index (Phi) is 7.55. The van der Waals surface area contributed by atoms with E-state index in [1.54, 1.807) is 31.4 Å². The van der Waals surface area contributed by atoms with Gasteiger partial charge in [0.2, 0.25) is 0 Å². The van der Waals surface area contributed by atoms with Crippen LogP contribution in [0.3, 0.4) is 0 Å². The van der Waals surface area contributed by atoms with E-state index in [1.165, 1.54) is 31.4 Å². The van der Waals surface area contributed by atoms with Gasteiger partial charge in [-0.3, -0.25) is 14.6 Å². The Balaban J connectivity index is 1.52. The normalized spacial score (nSPS) is 14.9. The SMILES string of the molecule is COc1ccc(CN2CCN(C(c3ccc(F)cc3)c3ccc(F)cc3)CC2)c(C=O)c1OC. The molecule has 7 heteroatoms. The molecule has 1 aliphatic rings. The maximum absolute atomic E-state index is 13.6. The summed E-state index contributed by atoms with van der Waals surface area (Å²) in [6, 6.07) is 16.6. The first-order chi connectivity index (χ1) is 16.5. The third-order valence-electron chi connectivity index (χ3n) is 6.33. The summed E-state index contributed by atoms with van der Waals surface area (Å²) in [5, 5.41) is 0. The monoisotopic (exact) mass is 466 g/mol. The van der Waals surface area contributed by atoms with Gasteiger partial charge in [-0.25, -0.2) is 8.78 Å². The molecule has 4 rings (SSSR count). The number of carbonyl (C=O) groups is 1. The molecule has 1 saturated heterocycles. The highest BCUT2D eigenvalue weighted by molar-refractivity contribution is 5.83. The number of rotatable bonds is 8. The summed E-state index contributed by atoms with van der Waals surface area (Å²) in [5.74, 6) is 0.403. The highest BCUT2D eigenvalue weighted by Crippen LogP contribution is 2.34. The largest absolute Gasteiger partial charge is 0.493 e. The molecule has 0 spiro atoms. The lowest BCUT2D eigenvalue weighted by molar-refractivity contribution is 0.103. The second-order valence-electron chi connectivity index (χ2n) is 8.31. The Bertz CT molecular complexity index is 1070. The number of piperazine rings is 1. The van der Waals surface area contributed by atoms with Crippen molar-refractivity contribution in [2.45, 2.75) is 12.6 Å². The Morgan fingerprint density at radius 1 is 0.824 bits per heavy atom. The average Bonchev–Trinajstić information content (AvgIpc) is 2.87. The number of hydrogen-bond acceptors (Lipinski definition) is 5. The summed E-state index contributed by atoms with van der Waals surface area (Å²) in [5.41, 5.74) is 3.31. The average molecular weight is 467 g/mol. The van der Waals surface area contributed by atoms with Crippen molar-refractivity contribution < 1.29 is 23.0 Å². The summed E-state index contributed by atoms with van der Waals surface area (Å²) in [4.78, 5) is 16.4. The first-order valence-corrected chi connectivity index (χ1v) is 11.2. The van der Waals surface area contributed by atoms with Gasteiger partial charge >= 0.3 is 0 Å². The van der Waals surface area contributed by atoms with Gasteiger partial charge in [0.1, 0.15) is 11.6 Å². The van der Waals surface area contributed by atoms with Crippen LogP contribution in [0.2, 0.25) is 0 Å². The van der Waals surface area contributed by atoms with Crippen LogP contribution >= 0.6 is 0 Å². The highest BCUT2D eigenvalue weighted by atomic mass is 19.1. The second kappa shape index (κ2) is 10.8. The first-order valence-electron chi connectivity index (χ1n) is 11.2. The number of halogens is 2. The van der Waals surface area contributed by atoms with E-state index in [0.717, 1.165) is 49.2 Å². The number of benzene rings is 3. The Labute approximate surface area is 198 Å². The second-order valence-corrected chi connectivity index (χ2v) is 8.31. The number of hydrogen-bond donors (Lipinski definition) is 0. The van der Waals surface area contributed by atoms with Gasteiger partial charge in [-0.05, 0) is 47.0 Å². The number of ether oxygens (including phenoxy) is 2. The van der Waals surface area contributed by atoms with Crippen LogP contribution < -0.4 is 9.47 Å². The van der Waals surface area contributed by atoms with Crippen molar-refractivity contribution in [2.24, 2.45) is 0 Å². The highest BCUT2D eigenvalue weighted by Gasteiger charge is 2.27. The zero-order valence-corrected chi connectivity index (χ0v) is 19.3. The van der Waals surface area contributed by atoms with E-state index in [4.69, 9.17) is 9.47 Å². The van der Waals surface area contributed by atoms with Gasteiger partial charge in [-0.2, -0.15) is 0 Å². The quantitative estimate of drug-likeness (QED) is 0.450. The molecule has 5 nitrogen and oxygen atoms in total. The topological polar surface area (TPSA) is 42.0 Å². The standard InChI is InChI=1S/C27H28F2N2O3/c1-33-25-12-7-21(24(18-32)27(25)34-2)17-30-13-15-31(16-14-30)26(19-3-8-22(28)9-4-19)20-5-10-23(29)11-6-20/h3-12,18,26H,13-17H2,1-2H3. The van der Waals surface area contributed by atoms with Gasteiger partial charge in [0.25, 0.3) is 0 Å². The van der Waals surface area contributed by atoms with Crippen LogP contribution in [0, 0.1) is 11.6 Å². The van der Waals surface area contributed by atoms with Gasteiger partial charge in [-0.1, -0.05) is 30.3 Å². The lowest BCUT2D eigenvalue weighted by Gasteiger charge is -2.40. The Morgan fingerprint density at radius 2 is 1.38 bits per heavy atom. The maximum atomic E-state index is 13.6. The molecule has 1 fully saturated rings. The van der Waals surface area contributed by atoms with Crippen LogP contribution in [-0.2, 0) is 6.54 Å². The summed E-state index contributed by atoms with van der Waals surface area (Å²) in [7, 11) is 3.07. The van der Waals surface area contributed by atoms with E-state index in [-0.39, 0.29) is 17.7 Å². The zero-order valence-electron chi connectivity index (χ0n) is 19.3. The van der Waals surface area contributed by atoms with E-state index in [2.05, 4.69) is 9.80 Å². The molecule has 0 aromatic heterocycles. The molecule has 0 saturated carbocycles. The molecule has 3 aromatic carbocycles. The fourth-order valence-electron chi connectivity index (χ4n) is 4.58. The predicted octanol–water partition coefficient (Wildman–Crippen LogP) is 4.70. The first kappa shape index (κ1) is 23.9. The van der Waals surface area contributed by atoms with Crippen LogP contribution in [0.15, 0.2) is 60.7 Å². The fraction of sp³-hybridized carbons (Fsp3) is 0.296. The number of aldehydes is 1. The molecule has 1 aliphatic heterocycles. The molecule has 0 N–H and O–H groups in total. The lowest BCUT2D eigenvalue weighted by Crippen LogP contribution is -2.47. The molecule has 3 aromatic rings. The van der Waals surface area contributed by atoms with E-state index in [0.29, 0.717) is 23.6 Å². The smallest absolute Gasteiger partial charge is 0.171 e. The van der Waals surface area contributed by atoms with Crippen molar-refractivity contribution in [3.63, 3.8) is 0 Å². The minimum absolute atomic E-state index is 0.102. The van der Waals surface area contributed by atoms with Gasteiger partial charge in [0.15, 0.2) is 17.8 Å². The van der Waals surface area contributed by atoms with Crippen LogP contribution in [0.25, 0.3) is 0 Å². The molecular formula is C27H28F2N2O3. The van der Waals surface area contributed by atoms with Crippen molar-refractivity contribution >= 4 is 6.29 Å². The molecule has 1 heterocycles. The molecule has 0 amide bonds. The van der Waals surface area contributed by atoms with E-state index >= 15 is 0 Å². The zero-order chi connectivity index (χ0) is 24.1. The fourth-order valence-corrected chi connectivity index (χ4v) is 4.58. The van der Waals surface area contributed by atoms with Gasteiger partial charge in [0, 0.05) is 32.7 Å². The Morgan fingerprint density at radius 3 is 1.85 bits per heavy atom. The summed E-state index contributed by atoms with van der Waals surface area (Å²) < 4.78 is 37.8. The minimum atomic E-state index is -0.285. The van der Waals surface area contributed by atoms with Crippen LogP contribution in [0.1, 0.15) is 33.1 Å². The van der Waals surface area contributed by atoms with Crippen LogP contribution in [-0.4, -0.2) is 56.5 Å². The van der Waals surface area contributed by atoms with Crippen molar-refractivity contribution in [1.29, 1.82) is 0 Å². The minimum Gasteiger partial charge on any atom is -0.493 e. The number of carbonyl (C=O) groups excluding carboxylic acids is 1. The molecule has 0 atom stereocenters. The van der Waals surface area contributed by atoms with Crippen molar-refractivity contribution in [2.75, 3.05) is 40.4 Å². The lowest BCUT2D eigenvalue weighted by atomic mass is 9.96. The van der Waals surface area contributed by atoms with Crippen LogP contribution in [0.5, 0.6) is 11.5 Å². The third kappa shape index (κ3) is 5.11. The molecule has 0 unspecified atom stereocenters. The maximum Gasteiger partial charge on any atom is 0.171 e. The van der Waals surface area contributed by atoms with Gasteiger partial charge in [-0.15, -0.1) is 0 Å². The molecule has 34 heavy (non-hydrogen) atoms. The summed E-state index contributed by atoms with van der Waals surface area (Å²) in [6.45, 7) is 3.71. The van der Waals surface area contributed by atoms with Gasteiger partial charge < -0.3 is 9.47 Å². The van der Waals surface area contributed by atoms with Crippen LogP contribution in [0.4, 0.5) is 8.78 Å². The van der Waals surface area contributed by atoms with E-state index < -0.39 is 0 Å². The number of nitrogens with zero attached hydrogens (tertiary/aromatic N) is 2. The molecule has 178 valence electrons. The summed E-state index contributed by atoms with van der Waals surface area (Å²) in [6.07, 6.45) is 0.812. The van der Waals surface area contributed by atoms with Crippen molar-refractivity contribution in [3.8, 4) is 11.5 Å². The number of methoxy groups -OCH3 is 2. The van der Waals surface area contributed by atoms with E-state index in [1.807, 2.05) is 12.1 Å². The Hall–Kier alpha value is -3.29. The van der Waals surface area contributed by atoms with Crippen molar-refractivity contribution in [3.05, 3.63) is 94.6 Å². The summed E-state index contributed by atoms with van der Waals surface area (Å²) >= 11 is 0. The molecule has 0 aliphatic carbocycles. The van der Waals surface area contributed by atoms with Crippen molar-refractivity contribution in [1.82, 2.24) is 9.80 Å². The third-order valence-corrected chi connectivity index (χ3v) is 6.33. The predicted molar refractivity (Wildman–Crippen MR) is 126 cm³/mol. The molecule has 0 bridgehead atoms. The van der Waals surface area contributed by atoms with Gasteiger partial charge in [0.05, 0.1) is 25.8 Å². The van der Waals surface area contributed by atoms with E-state index in [9.17, 15) is 13.6 Å². The molecule has 0 radical (unpaired) electrons. The molecular weight excluding hydrogens is 438 g/mol.